The zero-order valence-electron chi connectivity index (χ0n) is 10.3. The second kappa shape index (κ2) is 6.98. The van der Waals surface area contributed by atoms with Crippen molar-refractivity contribution < 1.29 is 9.53 Å². The lowest BCUT2D eigenvalue weighted by atomic mass is 10.3. The van der Waals surface area contributed by atoms with Gasteiger partial charge in [-0.2, -0.15) is 0 Å². The molecule has 0 fully saturated rings. The van der Waals surface area contributed by atoms with E-state index >= 15 is 0 Å². The average Bonchev–Trinajstić information content (AvgIpc) is 2.43. The number of carbonyl (C=O) groups is 1. The second-order valence-corrected chi connectivity index (χ2v) is 4.68. The molecule has 0 saturated carbocycles. The quantitative estimate of drug-likeness (QED) is 0.512. The van der Waals surface area contributed by atoms with Crippen molar-refractivity contribution in [1.29, 1.82) is 0 Å². The number of ether oxygens (including phenoxy) is 1. The maximum absolute atomic E-state index is 11.6. The Morgan fingerprint density at radius 1 is 1.10 bits per heavy atom. The van der Waals surface area contributed by atoms with Crippen LogP contribution in [-0.4, -0.2) is 5.97 Å². The molecule has 3 nitrogen and oxygen atoms in total. The molecule has 0 spiro atoms. The highest BCUT2D eigenvalue weighted by Gasteiger charge is 2.05. The van der Waals surface area contributed by atoms with Crippen LogP contribution in [0.3, 0.4) is 0 Å². The summed E-state index contributed by atoms with van der Waals surface area (Å²) in [6, 6.07) is 14.1. The zero-order chi connectivity index (χ0) is 14.4. The standard InChI is InChI=1S/C15H11Cl2NO2/c16-11-6-7-14(13(17)10-11)20-15(19)8-9-18-12-4-2-1-3-5-12/h1-10,18H/b9-8+. The van der Waals surface area contributed by atoms with Crippen LogP contribution >= 0.6 is 23.2 Å². The van der Waals surface area contributed by atoms with Gasteiger partial charge in [0, 0.05) is 23.0 Å². The van der Waals surface area contributed by atoms with E-state index in [2.05, 4.69) is 5.32 Å². The van der Waals surface area contributed by atoms with Gasteiger partial charge in [-0.1, -0.05) is 41.4 Å². The summed E-state index contributed by atoms with van der Waals surface area (Å²) in [4.78, 5) is 11.6. The number of nitrogens with one attached hydrogen (secondary N) is 1. The number of rotatable bonds is 4. The Morgan fingerprint density at radius 2 is 1.85 bits per heavy atom. The van der Waals surface area contributed by atoms with Gasteiger partial charge in [0.15, 0.2) is 0 Å². The molecule has 0 aliphatic heterocycles. The van der Waals surface area contributed by atoms with E-state index in [1.807, 2.05) is 30.3 Å². The Morgan fingerprint density at radius 3 is 2.55 bits per heavy atom. The lowest BCUT2D eigenvalue weighted by Crippen LogP contribution is -2.05. The molecular formula is C15H11Cl2NO2. The summed E-state index contributed by atoms with van der Waals surface area (Å²) in [6.07, 6.45) is 2.78. The Bertz CT molecular complexity index is 627. The van der Waals surface area contributed by atoms with Gasteiger partial charge in [-0.25, -0.2) is 4.79 Å². The molecule has 0 aliphatic rings. The molecule has 0 unspecified atom stereocenters. The Kier molecular flexibility index (Phi) is 5.04. The third kappa shape index (κ3) is 4.30. The minimum Gasteiger partial charge on any atom is -0.422 e. The molecule has 2 aromatic rings. The van der Waals surface area contributed by atoms with Crippen LogP contribution in [0.4, 0.5) is 5.69 Å². The Labute approximate surface area is 126 Å². The molecular weight excluding hydrogens is 297 g/mol. The Balaban J connectivity index is 1.92. The van der Waals surface area contributed by atoms with Crippen LogP contribution in [-0.2, 0) is 4.79 Å². The van der Waals surface area contributed by atoms with Crippen molar-refractivity contribution in [3.05, 3.63) is 70.9 Å². The molecule has 0 atom stereocenters. The fourth-order valence-corrected chi connectivity index (χ4v) is 1.89. The second-order valence-electron chi connectivity index (χ2n) is 3.84. The van der Waals surface area contributed by atoms with Crippen molar-refractivity contribution in [3.63, 3.8) is 0 Å². The third-order valence-corrected chi connectivity index (χ3v) is 2.88. The van der Waals surface area contributed by atoms with Crippen molar-refractivity contribution in [1.82, 2.24) is 0 Å². The van der Waals surface area contributed by atoms with E-state index in [0.29, 0.717) is 5.02 Å². The van der Waals surface area contributed by atoms with Crippen molar-refractivity contribution in [2.75, 3.05) is 5.32 Å². The maximum atomic E-state index is 11.6. The summed E-state index contributed by atoms with van der Waals surface area (Å²) in [6.45, 7) is 0. The predicted molar refractivity (Wildman–Crippen MR) is 81.3 cm³/mol. The molecule has 2 aromatic carbocycles. The highest BCUT2D eigenvalue weighted by Crippen LogP contribution is 2.27. The number of esters is 1. The van der Waals surface area contributed by atoms with Crippen molar-refractivity contribution in [3.8, 4) is 5.75 Å². The fraction of sp³-hybridized carbons (Fsp3) is 0. The summed E-state index contributed by atoms with van der Waals surface area (Å²) in [7, 11) is 0. The molecule has 0 heterocycles. The fourth-order valence-electron chi connectivity index (χ4n) is 1.44. The number of para-hydroxylation sites is 1. The lowest BCUT2D eigenvalue weighted by Gasteiger charge is -2.04. The van der Waals surface area contributed by atoms with Gasteiger partial charge in [0.25, 0.3) is 0 Å². The van der Waals surface area contributed by atoms with Crippen LogP contribution in [0.25, 0.3) is 0 Å². The Hall–Kier alpha value is -1.97. The molecule has 0 aromatic heterocycles. The molecule has 0 aliphatic carbocycles. The van der Waals surface area contributed by atoms with Crippen molar-refractivity contribution in [2.24, 2.45) is 0 Å². The van der Waals surface area contributed by atoms with E-state index in [4.69, 9.17) is 27.9 Å². The monoisotopic (exact) mass is 307 g/mol. The first kappa shape index (κ1) is 14.4. The zero-order valence-corrected chi connectivity index (χ0v) is 11.9. The van der Waals surface area contributed by atoms with Gasteiger partial charge >= 0.3 is 5.97 Å². The van der Waals surface area contributed by atoms with Crippen LogP contribution < -0.4 is 10.1 Å². The molecule has 20 heavy (non-hydrogen) atoms. The van der Waals surface area contributed by atoms with E-state index < -0.39 is 5.97 Å². The first-order valence-corrected chi connectivity index (χ1v) is 6.56. The molecule has 2 rings (SSSR count). The molecule has 102 valence electrons. The van der Waals surface area contributed by atoms with E-state index in [1.165, 1.54) is 18.3 Å². The van der Waals surface area contributed by atoms with Crippen LogP contribution in [0.2, 0.25) is 10.0 Å². The van der Waals surface area contributed by atoms with Gasteiger partial charge in [-0.15, -0.1) is 0 Å². The molecule has 5 heteroatoms. The summed E-state index contributed by atoms with van der Waals surface area (Å²) in [5.74, 6) is -0.261. The SMILES string of the molecule is O=C(/C=C/Nc1ccccc1)Oc1ccc(Cl)cc1Cl. The topological polar surface area (TPSA) is 38.3 Å². The number of hydrogen-bond acceptors (Lipinski definition) is 3. The van der Waals surface area contributed by atoms with Crippen LogP contribution in [0.5, 0.6) is 5.75 Å². The van der Waals surface area contributed by atoms with Crippen LogP contribution in [0.15, 0.2) is 60.8 Å². The lowest BCUT2D eigenvalue weighted by molar-refractivity contribution is -0.128. The minimum atomic E-state index is -0.530. The van der Waals surface area contributed by atoms with Gasteiger partial charge in [0.05, 0.1) is 5.02 Å². The summed E-state index contributed by atoms with van der Waals surface area (Å²) < 4.78 is 5.08. The molecule has 0 radical (unpaired) electrons. The van der Waals surface area contributed by atoms with E-state index in [0.717, 1.165) is 5.69 Å². The normalized spacial score (nSPS) is 10.5. The number of anilines is 1. The smallest absolute Gasteiger partial charge is 0.337 e. The van der Waals surface area contributed by atoms with Gasteiger partial charge in [-0.3, -0.25) is 0 Å². The van der Waals surface area contributed by atoms with Crippen molar-refractivity contribution >= 4 is 34.9 Å². The molecule has 0 amide bonds. The van der Waals surface area contributed by atoms with Crippen LogP contribution in [0, 0.1) is 0 Å². The maximum Gasteiger partial charge on any atom is 0.337 e. The summed E-state index contributed by atoms with van der Waals surface area (Å²) in [5, 5.41) is 3.72. The molecule has 0 saturated heterocycles. The number of hydrogen-bond donors (Lipinski definition) is 1. The van der Waals surface area contributed by atoms with Crippen LogP contribution in [0.1, 0.15) is 0 Å². The first-order chi connectivity index (χ1) is 9.65. The summed E-state index contributed by atoms with van der Waals surface area (Å²) in [5.41, 5.74) is 0.876. The number of halogens is 2. The van der Waals surface area contributed by atoms with E-state index in [9.17, 15) is 4.79 Å². The van der Waals surface area contributed by atoms with Gasteiger partial charge in [-0.05, 0) is 30.3 Å². The van der Waals surface area contributed by atoms with E-state index in [-0.39, 0.29) is 10.8 Å². The minimum absolute atomic E-state index is 0.269. The largest absolute Gasteiger partial charge is 0.422 e. The predicted octanol–water partition coefficient (Wildman–Crippen LogP) is 4.52. The average molecular weight is 308 g/mol. The summed E-state index contributed by atoms with van der Waals surface area (Å²) >= 11 is 11.7. The number of carbonyl (C=O) groups excluding carboxylic acids is 1. The van der Waals surface area contributed by atoms with Gasteiger partial charge < -0.3 is 10.1 Å². The highest BCUT2D eigenvalue weighted by molar-refractivity contribution is 6.35. The van der Waals surface area contributed by atoms with E-state index in [1.54, 1.807) is 12.1 Å². The van der Waals surface area contributed by atoms with Gasteiger partial charge in [0.2, 0.25) is 0 Å². The third-order valence-electron chi connectivity index (χ3n) is 2.35. The van der Waals surface area contributed by atoms with Crippen molar-refractivity contribution in [2.45, 2.75) is 0 Å². The molecule has 0 bridgehead atoms. The highest BCUT2D eigenvalue weighted by atomic mass is 35.5. The number of benzene rings is 2. The first-order valence-electron chi connectivity index (χ1n) is 5.80. The molecule has 1 N–H and O–H groups in total. The van der Waals surface area contributed by atoms with Gasteiger partial charge in [0.1, 0.15) is 5.75 Å².